The SMILES string of the molecule is CCCS(=O)(=O)Nc1cccc(S(=O)(=O)c2ccc(CCC(=O)c3cnc4nccn4c3)cc2)c1. The summed E-state index contributed by atoms with van der Waals surface area (Å²) in [5.41, 5.74) is 1.48. The normalized spacial score (nSPS) is 12.0. The van der Waals surface area contributed by atoms with Crippen LogP contribution in [0.2, 0.25) is 0 Å². The van der Waals surface area contributed by atoms with Crippen molar-refractivity contribution in [2.45, 2.75) is 36.0 Å². The monoisotopic (exact) mass is 512 g/mol. The summed E-state index contributed by atoms with van der Waals surface area (Å²) >= 11 is 0. The van der Waals surface area contributed by atoms with Crippen LogP contribution in [0, 0.1) is 0 Å². The quantitative estimate of drug-likeness (QED) is 0.322. The topological polar surface area (TPSA) is 128 Å². The third-order valence-electron chi connectivity index (χ3n) is 5.33. The molecular weight excluding hydrogens is 488 g/mol. The van der Waals surface area contributed by atoms with Crippen LogP contribution in [0.1, 0.15) is 35.7 Å². The number of hydrogen-bond donors (Lipinski definition) is 1. The molecule has 2 aromatic carbocycles. The van der Waals surface area contributed by atoms with Crippen LogP contribution < -0.4 is 4.72 Å². The van der Waals surface area contributed by atoms with Crippen molar-refractivity contribution in [1.29, 1.82) is 0 Å². The Morgan fingerprint density at radius 3 is 2.51 bits per heavy atom. The highest BCUT2D eigenvalue weighted by Crippen LogP contribution is 2.24. The van der Waals surface area contributed by atoms with Gasteiger partial charge in [0.15, 0.2) is 5.78 Å². The minimum absolute atomic E-state index is 0.0143. The van der Waals surface area contributed by atoms with Gasteiger partial charge in [-0.05, 0) is 48.7 Å². The Balaban J connectivity index is 1.45. The van der Waals surface area contributed by atoms with E-state index < -0.39 is 19.9 Å². The zero-order valence-corrected chi connectivity index (χ0v) is 20.6. The number of aryl methyl sites for hydroxylation is 1. The number of carbonyl (C=O) groups excluding carboxylic acids is 1. The summed E-state index contributed by atoms with van der Waals surface area (Å²) in [4.78, 5) is 20.8. The second kappa shape index (κ2) is 9.96. The van der Waals surface area contributed by atoms with Gasteiger partial charge in [0.05, 0.1) is 21.1 Å². The summed E-state index contributed by atoms with van der Waals surface area (Å²) in [6, 6.07) is 12.0. The van der Waals surface area contributed by atoms with E-state index in [1.165, 1.54) is 42.6 Å². The van der Waals surface area contributed by atoms with E-state index in [0.717, 1.165) is 5.56 Å². The van der Waals surface area contributed by atoms with E-state index >= 15 is 0 Å². The van der Waals surface area contributed by atoms with Gasteiger partial charge in [-0.3, -0.25) is 13.9 Å². The highest BCUT2D eigenvalue weighted by molar-refractivity contribution is 7.92. The summed E-state index contributed by atoms with van der Waals surface area (Å²) in [6.07, 6.45) is 7.63. The van der Waals surface area contributed by atoms with Crippen LogP contribution in [0.25, 0.3) is 5.78 Å². The Kier molecular flexibility index (Phi) is 6.99. The van der Waals surface area contributed by atoms with Crippen molar-refractivity contribution < 1.29 is 21.6 Å². The molecule has 0 spiro atoms. The third-order valence-corrected chi connectivity index (χ3v) is 8.59. The predicted octanol–water partition coefficient (Wildman–Crippen LogP) is 3.53. The van der Waals surface area contributed by atoms with Crippen molar-refractivity contribution in [3.63, 3.8) is 0 Å². The van der Waals surface area contributed by atoms with E-state index in [0.29, 0.717) is 24.2 Å². The Hall–Kier alpha value is -3.57. The molecule has 0 atom stereocenters. The minimum Gasteiger partial charge on any atom is -0.294 e. The first kappa shape index (κ1) is 24.6. The lowest BCUT2D eigenvalue weighted by molar-refractivity contribution is 0.0982. The number of hydrogen-bond acceptors (Lipinski definition) is 7. The Bertz CT molecular complexity index is 1580. The van der Waals surface area contributed by atoms with E-state index in [-0.39, 0.29) is 33.4 Å². The standard InChI is InChI=1S/C24H24N4O5S2/c1-2-14-34(30,31)27-20-4-3-5-22(15-20)35(32,33)21-9-6-18(7-10-21)8-11-23(29)19-16-26-24-25-12-13-28(24)17-19/h3-7,9-10,12-13,15-17,27H,2,8,11,14H2,1H3. The van der Waals surface area contributed by atoms with Crippen molar-refractivity contribution in [2.75, 3.05) is 10.5 Å². The molecule has 0 bridgehead atoms. The Morgan fingerprint density at radius 1 is 1.00 bits per heavy atom. The maximum absolute atomic E-state index is 13.1. The fourth-order valence-corrected chi connectivity index (χ4v) is 5.99. The van der Waals surface area contributed by atoms with Gasteiger partial charge in [0, 0.05) is 36.9 Å². The van der Waals surface area contributed by atoms with Crippen molar-refractivity contribution in [2.24, 2.45) is 0 Å². The van der Waals surface area contributed by atoms with E-state index in [1.807, 2.05) is 0 Å². The zero-order chi connectivity index (χ0) is 25.1. The van der Waals surface area contributed by atoms with E-state index in [2.05, 4.69) is 14.7 Å². The second-order valence-electron chi connectivity index (χ2n) is 8.00. The molecular formula is C24H24N4O5S2. The lowest BCUT2D eigenvalue weighted by Gasteiger charge is -2.10. The number of sulfone groups is 1. The second-order valence-corrected chi connectivity index (χ2v) is 11.8. The van der Waals surface area contributed by atoms with Crippen LogP contribution in [0.4, 0.5) is 5.69 Å². The largest absolute Gasteiger partial charge is 0.294 e. The van der Waals surface area contributed by atoms with Crippen LogP contribution >= 0.6 is 0 Å². The molecule has 0 saturated heterocycles. The van der Waals surface area contributed by atoms with Gasteiger partial charge in [-0.2, -0.15) is 0 Å². The molecule has 182 valence electrons. The number of imidazole rings is 1. The van der Waals surface area contributed by atoms with Crippen LogP contribution in [0.3, 0.4) is 0 Å². The maximum Gasteiger partial charge on any atom is 0.233 e. The number of sulfonamides is 1. The molecule has 0 aliphatic carbocycles. The molecule has 4 rings (SSSR count). The first-order valence-electron chi connectivity index (χ1n) is 10.9. The highest BCUT2D eigenvalue weighted by atomic mass is 32.2. The highest BCUT2D eigenvalue weighted by Gasteiger charge is 2.19. The fraction of sp³-hybridized carbons (Fsp3) is 0.208. The van der Waals surface area contributed by atoms with Gasteiger partial charge in [0.1, 0.15) is 0 Å². The van der Waals surface area contributed by atoms with Crippen LogP contribution in [-0.2, 0) is 26.3 Å². The van der Waals surface area contributed by atoms with Crippen LogP contribution in [0.15, 0.2) is 83.1 Å². The van der Waals surface area contributed by atoms with Crippen molar-refractivity contribution >= 4 is 37.1 Å². The average Bonchev–Trinajstić information content (AvgIpc) is 3.30. The molecule has 9 nitrogen and oxygen atoms in total. The molecule has 4 aromatic rings. The van der Waals surface area contributed by atoms with Crippen molar-refractivity contribution in [3.05, 3.63) is 84.4 Å². The van der Waals surface area contributed by atoms with Crippen LogP contribution in [-0.4, -0.2) is 42.7 Å². The third kappa shape index (κ3) is 5.75. The summed E-state index contributed by atoms with van der Waals surface area (Å²) in [5.74, 6) is 0.386. The van der Waals surface area contributed by atoms with Crippen molar-refractivity contribution in [3.8, 4) is 0 Å². The van der Waals surface area contributed by atoms with Crippen LogP contribution in [0.5, 0.6) is 0 Å². The number of carbonyl (C=O) groups is 1. The molecule has 0 fully saturated rings. The van der Waals surface area contributed by atoms with E-state index in [1.54, 1.807) is 42.0 Å². The molecule has 0 aliphatic rings. The van der Waals surface area contributed by atoms with Gasteiger partial charge in [-0.15, -0.1) is 0 Å². The first-order chi connectivity index (χ1) is 16.7. The number of rotatable bonds is 10. The van der Waals surface area contributed by atoms with E-state index in [9.17, 15) is 21.6 Å². The summed E-state index contributed by atoms with van der Waals surface area (Å²) in [7, 11) is -7.39. The molecule has 35 heavy (non-hydrogen) atoms. The molecule has 2 aromatic heterocycles. The number of fused-ring (bicyclic) bond motifs is 1. The number of ketones is 1. The molecule has 11 heteroatoms. The predicted molar refractivity (Wildman–Crippen MR) is 132 cm³/mol. The Labute approximate surface area is 203 Å². The molecule has 0 unspecified atom stereocenters. The van der Waals surface area contributed by atoms with E-state index in [4.69, 9.17) is 0 Å². The number of nitrogens with zero attached hydrogens (tertiary/aromatic N) is 3. The molecule has 0 saturated carbocycles. The molecule has 2 heterocycles. The number of aromatic nitrogens is 3. The molecule has 0 aliphatic heterocycles. The van der Waals surface area contributed by atoms with Gasteiger partial charge >= 0.3 is 0 Å². The summed E-state index contributed by atoms with van der Waals surface area (Å²) in [5, 5.41) is 0. The molecule has 0 amide bonds. The van der Waals surface area contributed by atoms with Crippen molar-refractivity contribution in [1.82, 2.24) is 14.4 Å². The van der Waals surface area contributed by atoms with Gasteiger partial charge in [0.2, 0.25) is 25.6 Å². The van der Waals surface area contributed by atoms with Gasteiger partial charge in [-0.1, -0.05) is 25.1 Å². The maximum atomic E-state index is 13.1. The summed E-state index contributed by atoms with van der Waals surface area (Å²) in [6.45, 7) is 1.75. The lowest BCUT2D eigenvalue weighted by atomic mass is 10.0. The number of Topliss-reactive ketones (excluding diaryl/α,β-unsaturated/α-hetero) is 1. The first-order valence-corrected chi connectivity index (χ1v) is 14.1. The molecule has 0 radical (unpaired) electrons. The summed E-state index contributed by atoms with van der Waals surface area (Å²) < 4.78 is 54.3. The number of anilines is 1. The minimum atomic E-state index is -3.85. The molecule has 1 N–H and O–H groups in total. The average molecular weight is 513 g/mol. The van der Waals surface area contributed by atoms with Gasteiger partial charge in [0.25, 0.3) is 0 Å². The smallest absolute Gasteiger partial charge is 0.233 e. The van der Waals surface area contributed by atoms with Gasteiger partial charge in [-0.25, -0.2) is 26.8 Å². The number of nitrogens with one attached hydrogen (secondary N) is 1. The van der Waals surface area contributed by atoms with Gasteiger partial charge < -0.3 is 0 Å². The number of benzene rings is 2. The zero-order valence-electron chi connectivity index (χ0n) is 19.0. The lowest BCUT2D eigenvalue weighted by Crippen LogP contribution is -2.16. The Morgan fingerprint density at radius 2 is 1.77 bits per heavy atom. The fourth-order valence-electron chi connectivity index (χ4n) is 3.56.